The molecule has 2 rings (SSSR count). The van der Waals surface area contributed by atoms with E-state index in [-0.39, 0.29) is 0 Å². The van der Waals surface area contributed by atoms with Crippen molar-refractivity contribution in [3.05, 3.63) is 46.7 Å². The van der Waals surface area contributed by atoms with Crippen LogP contribution in [0.3, 0.4) is 0 Å². The lowest BCUT2D eigenvalue weighted by Crippen LogP contribution is -1.91. The van der Waals surface area contributed by atoms with Crippen LogP contribution < -0.4 is 4.74 Å². The number of ether oxygens (including phenoxy) is 1. The molecule has 94 valence electrons. The third-order valence-electron chi connectivity index (χ3n) is 2.55. The Morgan fingerprint density at radius 3 is 2.39 bits per heavy atom. The lowest BCUT2D eigenvalue weighted by Gasteiger charge is -2.05. The van der Waals surface area contributed by atoms with Gasteiger partial charge < -0.3 is 4.74 Å². The monoisotopic (exact) mass is 306 g/mol. The second-order valence-corrected chi connectivity index (χ2v) is 4.95. The summed E-state index contributed by atoms with van der Waals surface area (Å²) >= 11 is 3.28. The molecule has 1 aromatic heterocycles. The van der Waals surface area contributed by atoms with E-state index in [9.17, 15) is 0 Å². The van der Waals surface area contributed by atoms with E-state index in [1.54, 1.807) is 12.4 Å². The molecule has 0 aliphatic carbocycles. The van der Waals surface area contributed by atoms with E-state index in [4.69, 9.17) is 4.74 Å². The smallest absolute Gasteiger partial charge is 0.321 e. The zero-order valence-corrected chi connectivity index (χ0v) is 11.9. The highest BCUT2D eigenvalue weighted by Gasteiger charge is 2.00. The molecule has 0 bridgehead atoms. The molecule has 0 radical (unpaired) electrons. The highest BCUT2D eigenvalue weighted by atomic mass is 79.9. The third-order valence-corrected chi connectivity index (χ3v) is 2.96. The van der Waals surface area contributed by atoms with Gasteiger partial charge in [0, 0.05) is 12.4 Å². The minimum Gasteiger partial charge on any atom is -0.424 e. The summed E-state index contributed by atoms with van der Waals surface area (Å²) in [4.78, 5) is 8.13. The second-order valence-electron chi connectivity index (χ2n) is 4.03. The van der Waals surface area contributed by atoms with Crippen LogP contribution in [-0.2, 0) is 6.42 Å². The molecule has 0 saturated carbocycles. The van der Waals surface area contributed by atoms with E-state index in [0.29, 0.717) is 6.01 Å². The van der Waals surface area contributed by atoms with Gasteiger partial charge in [0.1, 0.15) is 5.75 Å². The van der Waals surface area contributed by atoms with Crippen molar-refractivity contribution in [2.45, 2.75) is 26.2 Å². The highest BCUT2D eigenvalue weighted by Crippen LogP contribution is 2.19. The van der Waals surface area contributed by atoms with Gasteiger partial charge in [-0.3, -0.25) is 0 Å². The lowest BCUT2D eigenvalue weighted by atomic mass is 10.1. The largest absolute Gasteiger partial charge is 0.424 e. The Bertz CT molecular complexity index is 482. The molecule has 1 heterocycles. The molecule has 0 saturated heterocycles. The first-order valence-electron chi connectivity index (χ1n) is 6.02. The number of rotatable bonds is 5. The summed E-state index contributed by atoms with van der Waals surface area (Å²) in [6, 6.07) is 8.44. The number of hydrogen-bond acceptors (Lipinski definition) is 3. The molecule has 0 N–H and O–H groups in total. The summed E-state index contributed by atoms with van der Waals surface area (Å²) < 4.78 is 6.39. The van der Waals surface area contributed by atoms with E-state index in [0.717, 1.165) is 16.6 Å². The predicted molar refractivity (Wildman–Crippen MR) is 74.9 cm³/mol. The number of aromatic nitrogens is 2. The normalized spacial score (nSPS) is 10.3. The van der Waals surface area contributed by atoms with Gasteiger partial charge in [0.05, 0.1) is 4.47 Å². The first kappa shape index (κ1) is 13.0. The van der Waals surface area contributed by atoms with Crippen molar-refractivity contribution in [1.82, 2.24) is 9.97 Å². The number of halogens is 1. The molecule has 2 aromatic rings. The molecule has 0 atom stereocenters. The fraction of sp³-hybridized carbons (Fsp3) is 0.286. The minimum absolute atomic E-state index is 0.361. The Morgan fingerprint density at radius 2 is 1.78 bits per heavy atom. The Kier molecular flexibility index (Phi) is 4.70. The molecule has 0 unspecified atom stereocenters. The van der Waals surface area contributed by atoms with Gasteiger partial charge in [-0.15, -0.1) is 0 Å². The fourth-order valence-corrected chi connectivity index (χ4v) is 1.77. The molecular formula is C14H15BrN2O. The summed E-state index contributed by atoms with van der Waals surface area (Å²) in [5.41, 5.74) is 1.33. The van der Waals surface area contributed by atoms with Crippen LogP contribution in [0.15, 0.2) is 41.1 Å². The molecule has 1 aromatic carbocycles. The van der Waals surface area contributed by atoms with Crippen LogP contribution in [0, 0.1) is 0 Å². The van der Waals surface area contributed by atoms with Crippen molar-refractivity contribution in [2.24, 2.45) is 0 Å². The van der Waals surface area contributed by atoms with Crippen molar-refractivity contribution in [3.8, 4) is 11.8 Å². The van der Waals surface area contributed by atoms with Crippen LogP contribution >= 0.6 is 15.9 Å². The number of unbranched alkanes of at least 4 members (excludes halogenated alkanes) is 1. The van der Waals surface area contributed by atoms with E-state index in [1.807, 2.05) is 12.1 Å². The molecule has 0 spiro atoms. The van der Waals surface area contributed by atoms with Gasteiger partial charge in [0.25, 0.3) is 0 Å². The fourth-order valence-electron chi connectivity index (χ4n) is 1.56. The Balaban J connectivity index is 1.99. The SMILES string of the molecule is CCCCc1ccc(Oc2ncc(Br)cn2)cc1. The van der Waals surface area contributed by atoms with E-state index in [2.05, 4.69) is 45.0 Å². The molecule has 4 heteroatoms. The van der Waals surface area contributed by atoms with Crippen LogP contribution in [0.25, 0.3) is 0 Å². The van der Waals surface area contributed by atoms with Gasteiger partial charge in [-0.05, 0) is 46.5 Å². The van der Waals surface area contributed by atoms with Crippen LogP contribution in [0.2, 0.25) is 0 Å². The van der Waals surface area contributed by atoms with Crippen LogP contribution in [0.4, 0.5) is 0 Å². The summed E-state index contributed by atoms with van der Waals surface area (Å²) in [6.45, 7) is 2.20. The Labute approximate surface area is 115 Å². The average molecular weight is 307 g/mol. The Hall–Kier alpha value is -1.42. The number of hydrogen-bond donors (Lipinski definition) is 0. The maximum absolute atomic E-state index is 5.55. The van der Waals surface area contributed by atoms with Crippen molar-refractivity contribution >= 4 is 15.9 Å². The summed E-state index contributed by atoms with van der Waals surface area (Å²) in [6.07, 6.45) is 6.88. The predicted octanol–water partition coefficient (Wildman–Crippen LogP) is 4.37. The van der Waals surface area contributed by atoms with Crippen molar-refractivity contribution in [3.63, 3.8) is 0 Å². The molecule has 0 amide bonds. The van der Waals surface area contributed by atoms with Crippen LogP contribution in [0.5, 0.6) is 11.8 Å². The van der Waals surface area contributed by atoms with Gasteiger partial charge in [0.15, 0.2) is 0 Å². The summed E-state index contributed by atoms with van der Waals surface area (Å²) in [5.74, 6) is 0.762. The van der Waals surface area contributed by atoms with Gasteiger partial charge in [-0.1, -0.05) is 25.5 Å². The Morgan fingerprint density at radius 1 is 1.11 bits per heavy atom. The van der Waals surface area contributed by atoms with Gasteiger partial charge in [-0.25, -0.2) is 9.97 Å². The van der Waals surface area contributed by atoms with Crippen molar-refractivity contribution in [1.29, 1.82) is 0 Å². The summed E-state index contributed by atoms with van der Waals surface area (Å²) in [7, 11) is 0. The van der Waals surface area contributed by atoms with E-state index >= 15 is 0 Å². The standard InChI is InChI=1S/C14H15BrN2O/c1-2-3-4-11-5-7-13(8-6-11)18-14-16-9-12(15)10-17-14/h5-10H,2-4H2,1H3. The second kappa shape index (κ2) is 6.50. The zero-order chi connectivity index (χ0) is 12.8. The third kappa shape index (κ3) is 3.81. The van der Waals surface area contributed by atoms with Gasteiger partial charge in [-0.2, -0.15) is 0 Å². The van der Waals surface area contributed by atoms with Crippen LogP contribution in [0.1, 0.15) is 25.3 Å². The van der Waals surface area contributed by atoms with Crippen molar-refractivity contribution in [2.75, 3.05) is 0 Å². The molecular weight excluding hydrogens is 292 g/mol. The van der Waals surface area contributed by atoms with Gasteiger partial charge >= 0.3 is 6.01 Å². The summed E-state index contributed by atoms with van der Waals surface area (Å²) in [5, 5.41) is 0. The lowest BCUT2D eigenvalue weighted by molar-refractivity contribution is 0.441. The first-order chi connectivity index (χ1) is 8.78. The molecule has 0 fully saturated rings. The number of aryl methyl sites for hydroxylation is 1. The topological polar surface area (TPSA) is 35.0 Å². The molecule has 0 aliphatic heterocycles. The van der Waals surface area contributed by atoms with Gasteiger partial charge in [0.2, 0.25) is 0 Å². The maximum Gasteiger partial charge on any atom is 0.321 e. The molecule has 3 nitrogen and oxygen atoms in total. The minimum atomic E-state index is 0.361. The number of nitrogens with zero attached hydrogens (tertiary/aromatic N) is 2. The average Bonchev–Trinajstić information content (AvgIpc) is 2.41. The first-order valence-corrected chi connectivity index (χ1v) is 6.81. The quantitative estimate of drug-likeness (QED) is 0.822. The van der Waals surface area contributed by atoms with Crippen LogP contribution in [-0.4, -0.2) is 9.97 Å². The zero-order valence-electron chi connectivity index (χ0n) is 10.3. The maximum atomic E-state index is 5.55. The molecule has 18 heavy (non-hydrogen) atoms. The number of benzene rings is 1. The van der Waals surface area contributed by atoms with E-state index in [1.165, 1.54) is 18.4 Å². The van der Waals surface area contributed by atoms with Crippen molar-refractivity contribution < 1.29 is 4.74 Å². The molecule has 0 aliphatic rings. The van der Waals surface area contributed by atoms with E-state index < -0.39 is 0 Å². The highest BCUT2D eigenvalue weighted by molar-refractivity contribution is 9.10.